The zero-order valence-electron chi connectivity index (χ0n) is 36.8. The van der Waals surface area contributed by atoms with Crippen LogP contribution in [0.2, 0.25) is 0 Å². The molecule has 0 unspecified atom stereocenters. The second kappa shape index (κ2) is 16.3. The summed E-state index contributed by atoms with van der Waals surface area (Å²) in [5, 5.41) is 19.1. The van der Waals surface area contributed by atoms with Gasteiger partial charge in [-0.1, -0.05) is 95.2 Å². The number of ether oxygens (including phenoxy) is 2. The molecule has 0 radical (unpaired) electrons. The van der Waals surface area contributed by atoms with E-state index < -0.39 is 21.7 Å². The van der Waals surface area contributed by atoms with Crippen LogP contribution in [-0.4, -0.2) is 25.8 Å². The Kier molecular flexibility index (Phi) is 12.2. The molecule has 0 saturated carbocycles. The normalized spacial score (nSPS) is 15.8. The summed E-state index contributed by atoms with van der Waals surface area (Å²) in [6.45, 7) is 26.4. The van der Waals surface area contributed by atoms with Gasteiger partial charge in [0.25, 0.3) is 0 Å². The smallest absolute Gasteiger partial charge is 0.186 e. The molecular weight excluding hydrogens is 725 g/mol. The molecule has 304 valence electrons. The zero-order valence-corrected chi connectivity index (χ0v) is 36.8. The molecule has 2 aliphatic carbocycles. The molecule has 0 bridgehead atoms. The minimum atomic E-state index is -0.462. The Bertz CT molecular complexity index is 2310. The standard InChI is InChI=1S/C49H58N4O5/c1-29-22-40(41(52-50-32-18-16-20-34(27-32)56-14)30-23-36(46(2,3)4)43(54)37(24-30)47(5,6)7)58-45(29)42(53-51-33-19-17-21-35(28-33)57-15)31-25-38(48(8,9)10)44(55)39(26-31)49(11,12)13/h16-28H,1-15H3. The van der Waals surface area contributed by atoms with Crippen LogP contribution in [0.15, 0.2) is 137 Å². The number of aryl methyl sites for hydroxylation is 1. The molecule has 0 aliphatic heterocycles. The molecule has 0 saturated heterocycles. The van der Waals surface area contributed by atoms with E-state index in [2.05, 4.69) is 10.2 Å². The number of nitrogens with zero attached hydrogens (tertiary/aromatic N) is 4. The number of azo groups is 2. The molecule has 0 fully saturated rings. The first kappa shape index (κ1) is 43.4. The van der Waals surface area contributed by atoms with Gasteiger partial charge >= 0.3 is 0 Å². The van der Waals surface area contributed by atoms with Crippen molar-refractivity contribution in [2.75, 3.05) is 14.2 Å². The van der Waals surface area contributed by atoms with E-state index in [9.17, 15) is 9.59 Å². The van der Waals surface area contributed by atoms with Gasteiger partial charge in [-0.2, -0.15) is 10.2 Å². The van der Waals surface area contributed by atoms with Crippen molar-refractivity contribution in [2.24, 2.45) is 42.1 Å². The van der Waals surface area contributed by atoms with Crippen molar-refractivity contribution in [3.8, 4) is 11.5 Å². The van der Waals surface area contributed by atoms with Gasteiger partial charge in [-0.25, -0.2) is 0 Å². The quantitative estimate of drug-likeness (QED) is 0.211. The monoisotopic (exact) mass is 782 g/mol. The van der Waals surface area contributed by atoms with Crippen LogP contribution in [0.3, 0.4) is 0 Å². The van der Waals surface area contributed by atoms with Crippen molar-refractivity contribution < 1.29 is 23.5 Å². The summed E-state index contributed by atoms with van der Waals surface area (Å²) in [6.07, 6.45) is 7.62. The van der Waals surface area contributed by atoms with E-state index in [1.54, 1.807) is 26.4 Å². The summed E-state index contributed by atoms with van der Waals surface area (Å²) in [5.74, 6) is 2.15. The fraction of sp³-hybridized carbons (Fsp3) is 0.388. The maximum Gasteiger partial charge on any atom is 0.186 e. The van der Waals surface area contributed by atoms with Gasteiger partial charge in [0.2, 0.25) is 0 Å². The van der Waals surface area contributed by atoms with Gasteiger partial charge in [-0.05, 0) is 88.8 Å². The Morgan fingerprint density at radius 1 is 0.534 bits per heavy atom. The van der Waals surface area contributed by atoms with Gasteiger partial charge in [0.15, 0.2) is 23.1 Å². The second-order valence-corrected chi connectivity index (χ2v) is 18.9. The van der Waals surface area contributed by atoms with Crippen LogP contribution in [-0.2, 0) is 9.59 Å². The maximum atomic E-state index is 14.0. The van der Waals surface area contributed by atoms with Crippen LogP contribution in [0, 0.1) is 28.6 Å². The average Bonchev–Trinajstić information content (AvgIpc) is 3.51. The van der Waals surface area contributed by atoms with Gasteiger partial charge < -0.3 is 13.9 Å². The number of hydrogen-bond donors (Lipinski definition) is 0. The molecule has 1 aromatic heterocycles. The Morgan fingerprint density at radius 3 is 1.26 bits per heavy atom. The molecule has 58 heavy (non-hydrogen) atoms. The number of furan rings is 1. The van der Waals surface area contributed by atoms with Crippen molar-refractivity contribution in [3.05, 3.63) is 129 Å². The minimum absolute atomic E-state index is 0.00356. The molecule has 0 N–H and O–H groups in total. The number of carbonyl (C=O) groups is 2. The molecule has 2 aliphatic rings. The Labute approximate surface area is 344 Å². The van der Waals surface area contributed by atoms with Crippen molar-refractivity contribution in [1.29, 1.82) is 0 Å². The van der Waals surface area contributed by atoms with Crippen molar-refractivity contribution in [1.82, 2.24) is 0 Å². The Balaban J connectivity index is 1.87. The summed E-state index contributed by atoms with van der Waals surface area (Å²) in [7, 11) is 3.21. The summed E-state index contributed by atoms with van der Waals surface area (Å²) < 4.78 is 17.8. The van der Waals surface area contributed by atoms with E-state index in [-0.39, 0.29) is 11.6 Å². The van der Waals surface area contributed by atoms with Crippen molar-refractivity contribution in [2.45, 2.75) is 90.0 Å². The fourth-order valence-electron chi connectivity index (χ4n) is 6.64. The van der Waals surface area contributed by atoms with E-state index >= 15 is 0 Å². The average molecular weight is 783 g/mol. The van der Waals surface area contributed by atoms with Gasteiger partial charge in [-0.15, -0.1) is 10.2 Å². The first-order valence-corrected chi connectivity index (χ1v) is 19.6. The highest BCUT2D eigenvalue weighted by Crippen LogP contribution is 2.44. The highest BCUT2D eigenvalue weighted by Gasteiger charge is 2.37. The van der Waals surface area contributed by atoms with Crippen LogP contribution >= 0.6 is 0 Å². The number of benzene rings is 2. The number of Topliss-reactive ketones (excluding diaryl/α,β-unsaturated/α-hetero) is 2. The molecular formula is C49H58N4O5. The summed E-state index contributed by atoms with van der Waals surface area (Å²) in [4.78, 5) is 28.1. The third-order valence-electron chi connectivity index (χ3n) is 9.96. The summed E-state index contributed by atoms with van der Waals surface area (Å²) in [6, 6.07) is 16.6. The molecule has 2 aromatic carbocycles. The molecule has 5 rings (SSSR count). The third kappa shape index (κ3) is 9.69. The van der Waals surface area contributed by atoms with Crippen LogP contribution in [0.25, 0.3) is 11.4 Å². The molecule has 0 spiro atoms. The predicted octanol–water partition coefficient (Wildman–Crippen LogP) is 13.7. The van der Waals surface area contributed by atoms with E-state index in [0.29, 0.717) is 79.2 Å². The van der Waals surface area contributed by atoms with Gasteiger partial charge in [0, 0.05) is 45.6 Å². The largest absolute Gasteiger partial charge is 0.497 e. The molecule has 9 heteroatoms. The highest BCUT2D eigenvalue weighted by molar-refractivity contribution is 6.13. The Hall–Kier alpha value is -5.70. The SMILES string of the molecule is COc1cccc(N=NC(=C2C=C(C(C)(C)C)C(=O)C(C(C)(C)C)=C2)c2cc(C)c(C(N=Nc3cccc(OC)c3)=C3C=C(C(C)(C)C)C(=O)C(C(C)(C)C)=C3)o2)c1. The maximum absolute atomic E-state index is 14.0. The fourth-order valence-corrected chi connectivity index (χ4v) is 6.64. The van der Waals surface area contributed by atoms with E-state index in [1.807, 2.05) is 157 Å². The second-order valence-electron chi connectivity index (χ2n) is 18.9. The number of carbonyl (C=O) groups excluding carboxylic acids is 2. The number of ketones is 2. The van der Waals surface area contributed by atoms with Crippen LogP contribution in [0.4, 0.5) is 11.4 Å². The zero-order chi connectivity index (χ0) is 43.0. The number of methoxy groups -OCH3 is 2. The van der Waals surface area contributed by atoms with Gasteiger partial charge in [0.1, 0.15) is 22.9 Å². The van der Waals surface area contributed by atoms with Crippen molar-refractivity contribution in [3.63, 3.8) is 0 Å². The van der Waals surface area contributed by atoms with E-state index in [1.165, 1.54) is 0 Å². The van der Waals surface area contributed by atoms with Crippen LogP contribution < -0.4 is 9.47 Å². The molecule has 9 nitrogen and oxygen atoms in total. The van der Waals surface area contributed by atoms with Gasteiger partial charge in [-0.3, -0.25) is 9.59 Å². The lowest BCUT2D eigenvalue weighted by molar-refractivity contribution is -0.114. The lowest BCUT2D eigenvalue weighted by atomic mass is 9.71. The van der Waals surface area contributed by atoms with Crippen LogP contribution in [0.1, 0.15) is 100 Å². The Morgan fingerprint density at radius 2 is 0.897 bits per heavy atom. The summed E-state index contributed by atoms with van der Waals surface area (Å²) in [5.41, 5.74) is 4.95. The first-order chi connectivity index (χ1) is 26.9. The molecule has 3 aromatic rings. The number of rotatable bonds is 8. The lowest BCUT2D eigenvalue weighted by Gasteiger charge is -2.31. The van der Waals surface area contributed by atoms with E-state index in [0.717, 1.165) is 5.56 Å². The third-order valence-corrected chi connectivity index (χ3v) is 9.96. The van der Waals surface area contributed by atoms with Crippen molar-refractivity contribution >= 4 is 34.3 Å². The predicted molar refractivity (Wildman–Crippen MR) is 232 cm³/mol. The number of hydrogen-bond acceptors (Lipinski definition) is 9. The minimum Gasteiger partial charge on any atom is -0.497 e. The number of allylic oxidation sites excluding steroid dienone is 10. The lowest BCUT2D eigenvalue weighted by Crippen LogP contribution is -2.28. The first-order valence-electron chi connectivity index (χ1n) is 19.6. The van der Waals surface area contributed by atoms with Crippen LogP contribution in [0.5, 0.6) is 11.5 Å². The molecule has 1 heterocycles. The van der Waals surface area contributed by atoms with E-state index in [4.69, 9.17) is 24.1 Å². The molecule has 0 amide bonds. The summed E-state index contributed by atoms with van der Waals surface area (Å²) >= 11 is 0. The molecule has 0 atom stereocenters. The highest BCUT2D eigenvalue weighted by atomic mass is 16.5. The van der Waals surface area contributed by atoms with Gasteiger partial charge in [0.05, 0.1) is 25.6 Å². The topological polar surface area (TPSA) is 115 Å².